The zero-order valence-electron chi connectivity index (χ0n) is 13.6. The van der Waals surface area contributed by atoms with E-state index in [0.717, 1.165) is 5.56 Å². The predicted octanol–water partition coefficient (Wildman–Crippen LogP) is 0.992. The van der Waals surface area contributed by atoms with Crippen molar-refractivity contribution >= 4 is 35.1 Å². The molecule has 3 aromatic rings. The van der Waals surface area contributed by atoms with E-state index in [1.165, 1.54) is 10.8 Å². The number of carbonyl (C=O) groups excluding carboxylic acids is 2. The molecule has 9 heteroatoms. The molecule has 0 aliphatic carbocycles. The lowest BCUT2D eigenvalue weighted by Crippen LogP contribution is -2.14. The number of aromatic nitrogens is 3. The molecule has 0 radical (unpaired) electrons. The number of phenols is 1. The van der Waals surface area contributed by atoms with Crippen LogP contribution in [0, 0.1) is 13.8 Å². The van der Waals surface area contributed by atoms with Crippen LogP contribution in [0.2, 0.25) is 0 Å². The van der Waals surface area contributed by atoms with Crippen molar-refractivity contribution in [2.45, 2.75) is 13.8 Å². The summed E-state index contributed by atoms with van der Waals surface area (Å²) in [6.45, 7) is 3.56. The van der Waals surface area contributed by atoms with Crippen molar-refractivity contribution in [3.05, 3.63) is 35.0 Å². The summed E-state index contributed by atoms with van der Waals surface area (Å²) < 4.78 is 1.53. The molecule has 3 rings (SSSR count). The maximum absolute atomic E-state index is 11.9. The molecule has 25 heavy (non-hydrogen) atoms. The molecule has 0 atom stereocenters. The third-order valence-electron chi connectivity index (χ3n) is 4.01. The summed E-state index contributed by atoms with van der Waals surface area (Å²) in [5, 5.41) is 12.8. The van der Waals surface area contributed by atoms with Crippen LogP contribution in [-0.4, -0.2) is 32.0 Å². The number of anilines is 2. The van der Waals surface area contributed by atoms with E-state index >= 15 is 0 Å². The fourth-order valence-electron chi connectivity index (χ4n) is 2.86. The second-order valence-corrected chi connectivity index (χ2v) is 5.53. The number of benzene rings is 1. The molecule has 0 unspecified atom stereocenters. The number of aromatic hydroxyl groups is 1. The van der Waals surface area contributed by atoms with E-state index in [1.807, 2.05) is 6.92 Å². The summed E-state index contributed by atoms with van der Waals surface area (Å²) in [5.41, 5.74) is 14.0. The van der Waals surface area contributed by atoms with E-state index in [9.17, 15) is 14.7 Å². The number of amides is 2. The molecule has 2 amide bonds. The van der Waals surface area contributed by atoms with Gasteiger partial charge in [-0.15, -0.1) is 0 Å². The predicted molar refractivity (Wildman–Crippen MR) is 92.6 cm³/mol. The lowest BCUT2D eigenvalue weighted by Gasteiger charge is -2.15. The minimum absolute atomic E-state index is 0.0488. The molecule has 0 aliphatic heterocycles. The van der Waals surface area contributed by atoms with Crippen molar-refractivity contribution in [2.75, 3.05) is 11.1 Å². The molecule has 2 aromatic heterocycles. The first-order chi connectivity index (χ1) is 11.9. The van der Waals surface area contributed by atoms with Gasteiger partial charge < -0.3 is 16.6 Å². The van der Waals surface area contributed by atoms with Crippen LogP contribution in [0.1, 0.15) is 21.5 Å². The maximum atomic E-state index is 11.9. The third kappa shape index (κ3) is 2.42. The Labute approximate surface area is 142 Å². The van der Waals surface area contributed by atoms with Gasteiger partial charge in [-0.2, -0.15) is 4.98 Å². The summed E-state index contributed by atoms with van der Waals surface area (Å²) in [6, 6.07) is 3.29. The number of phenolic OH excluding ortho intramolecular Hbond substituents is 1. The van der Waals surface area contributed by atoms with Gasteiger partial charge in [-0.3, -0.25) is 19.5 Å². The summed E-state index contributed by atoms with van der Waals surface area (Å²) in [5.74, 6) is -0.524. The van der Waals surface area contributed by atoms with Crippen LogP contribution in [0.3, 0.4) is 0 Å². The minimum Gasteiger partial charge on any atom is -0.508 e. The summed E-state index contributed by atoms with van der Waals surface area (Å²) in [4.78, 5) is 30.8. The van der Waals surface area contributed by atoms with Gasteiger partial charge in [0.1, 0.15) is 11.6 Å². The number of primary amides is 1. The second-order valence-electron chi connectivity index (χ2n) is 5.53. The fraction of sp³-hybridized carbons (Fsp3) is 0.125. The van der Waals surface area contributed by atoms with E-state index in [2.05, 4.69) is 15.3 Å². The maximum Gasteiger partial charge on any atom is 0.253 e. The van der Waals surface area contributed by atoms with Gasteiger partial charge in [0.2, 0.25) is 12.4 Å². The van der Waals surface area contributed by atoms with E-state index < -0.39 is 5.91 Å². The Kier molecular flexibility index (Phi) is 3.76. The molecule has 0 saturated carbocycles. The number of hydrogen-bond acceptors (Lipinski definition) is 6. The lowest BCUT2D eigenvalue weighted by molar-refractivity contribution is -0.105. The van der Waals surface area contributed by atoms with Crippen LogP contribution >= 0.6 is 0 Å². The first-order valence-corrected chi connectivity index (χ1v) is 7.33. The van der Waals surface area contributed by atoms with Gasteiger partial charge in [0.25, 0.3) is 5.91 Å². The van der Waals surface area contributed by atoms with E-state index in [1.54, 1.807) is 19.1 Å². The van der Waals surface area contributed by atoms with E-state index in [-0.39, 0.29) is 23.1 Å². The van der Waals surface area contributed by atoms with Crippen LogP contribution in [-0.2, 0) is 4.79 Å². The van der Waals surface area contributed by atoms with Crippen molar-refractivity contribution in [1.29, 1.82) is 0 Å². The zero-order valence-corrected chi connectivity index (χ0v) is 13.6. The summed E-state index contributed by atoms with van der Waals surface area (Å²) in [7, 11) is 0. The molecule has 0 spiro atoms. The lowest BCUT2D eigenvalue weighted by atomic mass is 10.1. The van der Waals surface area contributed by atoms with Crippen molar-refractivity contribution in [2.24, 2.45) is 5.73 Å². The molecule has 0 fully saturated rings. The van der Waals surface area contributed by atoms with Crippen LogP contribution in [0.25, 0.3) is 16.7 Å². The van der Waals surface area contributed by atoms with Crippen LogP contribution in [0.5, 0.6) is 5.75 Å². The fourth-order valence-corrected chi connectivity index (χ4v) is 2.86. The van der Waals surface area contributed by atoms with Crippen molar-refractivity contribution in [3.8, 4) is 11.4 Å². The number of rotatable bonds is 4. The number of aryl methyl sites for hydroxylation is 1. The van der Waals surface area contributed by atoms with Crippen molar-refractivity contribution in [3.63, 3.8) is 0 Å². The number of hydrogen-bond donors (Lipinski definition) is 4. The Morgan fingerprint density at radius 1 is 1.36 bits per heavy atom. The highest BCUT2D eigenvalue weighted by molar-refractivity contribution is 6.11. The minimum atomic E-state index is -0.726. The van der Waals surface area contributed by atoms with Gasteiger partial charge in [0.15, 0.2) is 5.65 Å². The monoisotopic (exact) mass is 340 g/mol. The average Bonchev–Trinajstić information content (AvgIpc) is 2.84. The molecule has 1 aromatic carbocycles. The Hall–Kier alpha value is -3.62. The number of carbonyl (C=O) groups is 2. The SMILES string of the molecule is Cc1ccc(O)c(C)c1-n1c(N)c(C(N)=O)c2cnc(NC=O)nc21. The molecule has 0 aliphatic rings. The Morgan fingerprint density at radius 3 is 2.72 bits per heavy atom. The van der Waals surface area contributed by atoms with Crippen LogP contribution in [0.4, 0.5) is 11.8 Å². The van der Waals surface area contributed by atoms with E-state index in [4.69, 9.17) is 11.5 Å². The first-order valence-electron chi connectivity index (χ1n) is 7.33. The number of fused-ring (bicyclic) bond motifs is 1. The quantitative estimate of drug-likeness (QED) is 0.520. The van der Waals surface area contributed by atoms with Gasteiger partial charge in [0.05, 0.1) is 16.6 Å². The highest BCUT2D eigenvalue weighted by atomic mass is 16.3. The van der Waals surface area contributed by atoms with Gasteiger partial charge >= 0.3 is 0 Å². The number of nitrogens with zero attached hydrogens (tertiary/aromatic N) is 3. The molecule has 0 bridgehead atoms. The molecule has 2 heterocycles. The van der Waals surface area contributed by atoms with Gasteiger partial charge in [0, 0.05) is 11.8 Å². The number of nitrogen functional groups attached to an aromatic ring is 1. The third-order valence-corrected chi connectivity index (χ3v) is 4.01. The number of nitrogens with one attached hydrogen (secondary N) is 1. The van der Waals surface area contributed by atoms with Crippen LogP contribution < -0.4 is 16.8 Å². The largest absolute Gasteiger partial charge is 0.508 e. The smallest absolute Gasteiger partial charge is 0.253 e. The molecule has 0 saturated heterocycles. The van der Waals surface area contributed by atoms with Gasteiger partial charge in [-0.1, -0.05) is 6.07 Å². The van der Waals surface area contributed by atoms with Gasteiger partial charge in [-0.25, -0.2) is 4.98 Å². The summed E-state index contributed by atoms with van der Waals surface area (Å²) >= 11 is 0. The zero-order chi connectivity index (χ0) is 18.3. The Morgan fingerprint density at radius 2 is 2.08 bits per heavy atom. The Bertz CT molecular complexity index is 1020. The summed E-state index contributed by atoms with van der Waals surface area (Å²) in [6.07, 6.45) is 1.81. The number of nitrogens with two attached hydrogens (primary N) is 2. The molecular formula is C16H16N6O3. The van der Waals surface area contributed by atoms with E-state index in [0.29, 0.717) is 28.7 Å². The first kappa shape index (κ1) is 16.2. The molecule has 9 nitrogen and oxygen atoms in total. The highest BCUT2D eigenvalue weighted by Crippen LogP contribution is 2.35. The normalized spacial score (nSPS) is 10.8. The highest BCUT2D eigenvalue weighted by Gasteiger charge is 2.24. The Balaban J connectivity index is 2.48. The topological polar surface area (TPSA) is 149 Å². The average molecular weight is 340 g/mol. The molecular weight excluding hydrogens is 324 g/mol. The van der Waals surface area contributed by atoms with Crippen molar-refractivity contribution < 1.29 is 14.7 Å². The van der Waals surface area contributed by atoms with Crippen LogP contribution in [0.15, 0.2) is 18.3 Å². The molecule has 128 valence electrons. The molecule has 6 N–H and O–H groups in total. The second kappa shape index (κ2) is 5.78. The standard InChI is InChI=1S/C16H16N6O3/c1-7-3-4-10(24)8(2)12(7)22-13(17)11(14(18)25)9-5-19-16(20-6-23)21-15(9)22/h3-6,24H,17H2,1-2H3,(H2,18,25)(H,19,20,21,23). The van der Waals surface area contributed by atoms with Crippen molar-refractivity contribution in [1.82, 2.24) is 14.5 Å². The van der Waals surface area contributed by atoms with Gasteiger partial charge in [-0.05, 0) is 25.5 Å².